The molecule has 6 heteroatoms. The number of morpholine rings is 1. The molecule has 3 unspecified atom stereocenters. The topological polar surface area (TPSA) is 52.1 Å². The van der Waals surface area contributed by atoms with Crippen molar-refractivity contribution in [1.29, 1.82) is 0 Å². The van der Waals surface area contributed by atoms with E-state index in [1.807, 2.05) is 7.05 Å². The molecule has 0 saturated carbocycles. The third kappa shape index (κ3) is 6.19. The van der Waals surface area contributed by atoms with E-state index in [4.69, 9.17) is 4.74 Å². The molecule has 0 aliphatic carbocycles. The van der Waals surface area contributed by atoms with E-state index in [0.29, 0.717) is 18.1 Å². The van der Waals surface area contributed by atoms with E-state index >= 15 is 0 Å². The Morgan fingerprint density at radius 2 is 2.11 bits per heavy atom. The van der Waals surface area contributed by atoms with Crippen molar-refractivity contribution in [2.75, 3.05) is 46.4 Å². The summed E-state index contributed by atoms with van der Waals surface area (Å²) in [5.74, 6) is 0.916. The van der Waals surface area contributed by atoms with Crippen LogP contribution in [0.5, 0.6) is 0 Å². The van der Waals surface area contributed by atoms with Crippen LogP contribution in [0.4, 0.5) is 0 Å². The number of hydrogen-bond donors (Lipinski definition) is 2. The van der Waals surface area contributed by atoms with Gasteiger partial charge in [-0.3, -0.25) is 14.8 Å². The molecule has 0 amide bonds. The fourth-order valence-electron chi connectivity index (χ4n) is 4.30. The smallest absolute Gasteiger partial charge is 0.191 e. The normalized spacial score (nSPS) is 26.0. The quantitative estimate of drug-likeness (QED) is 0.577. The number of likely N-dealkylation sites (tertiary alicyclic amines) is 1. The highest BCUT2D eigenvalue weighted by atomic mass is 16.5. The molecule has 0 aromatic heterocycles. The molecule has 2 aliphatic rings. The minimum absolute atomic E-state index is 0.446. The van der Waals surface area contributed by atoms with Crippen LogP contribution in [0.3, 0.4) is 0 Å². The van der Waals surface area contributed by atoms with Crippen LogP contribution >= 0.6 is 0 Å². The zero-order chi connectivity index (χ0) is 19.8. The Morgan fingerprint density at radius 3 is 2.86 bits per heavy atom. The summed E-state index contributed by atoms with van der Waals surface area (Å²) in [6.07, 6.45) is 2.42. The summed E-state index contributed by atoms with van der Waals surface area (Å²) < 4.78 is 5.56. The summed E-state index contributed by atoms with van der Waals surface area (Å²) in [5, 5.41) is 7.18. The number of benzene rings is 1. The minimum Gasteiger partial charge on any atom is -0.379 e. The molecule has 2 heterocycles. The molecule has 28 heavy (non-hydrogen) atoms. The first kappa shape index (κ1) is 21.1. The van der Waals surface area contributed by atoms with E-state index in [2.05, 4.69) is 69.6 Å². The Kier molecular flexibility index (Phi) is 8.13. The monoisotopic (exact) mass is 387 g/mol. The molecule has 1 aromatic rings. The highest BCUT2D eigenvalue weighted by Gasteiger charge is 2.24. The molecular formula is C22H37N5O. The molecule has 156 valence electrons. The minimum atomic E-state index is 0.446. The van der Waals surface area contributed by atoms with Crippen LogP contribution in [0.25, 0.3) is 0 Å². The van der Waals surface area contributed by atoms with E-state index in [1.54, 1.807) is 0 Å². The van der Waals surface area contributed by atoms with Crippen molar-refractivity contribution >= 4 is 5.96 Å². The molecule has 3 atom stereocenters. The third-order valence-electron chi connectivity index (χ3n) is 5.87. The molecule has 0 bridgehead atoms. The Hall–Kier alpha value is -1.63. The molecule has 3 rings (SSSR count). The van der Waals surface area contributed by atoms with Gasteiger partial charge >= 0.3 is 0 Å². The summed E-state index contributed by atoms with van der Waals surface area (Å²) >= 11 is 0. The van der Waals surface area contributed by atoms with Crippen LogP contribution in [-0.2, 0) is 11.3 Å². The zero-order valence-corrected chi connectivity index (χ0v) is 17.7. The zero-order valence-electron chi connectivity index (χ0n) is 17.7. The van der Waals surface area contributed by atoms with Gasteiger partial charge in [-0.1, -0.05) is 30.3 Å². The fraction of sp³-hybridized carbons (Fsp3) is 0.682. The molecular weight excluding hydrogens is 350 g/mol. The predicted molar refractivity (Wildman–Crippen MR) is 116 cm³/mol. The van der Waals surface area contributed by atoms with Gasteiger partial charge in [0.25, 0.3) is 0 Å². The first-order valence-electron chi connectivity index (χ1n) is 10.7. The molecule has 0 radical (unpaired) electrons. The Bertz CT molecular complexity index is 608. The number of aliphatic imine (C=N–C) groups is 1. The molecule has 2 saturated heterocycles. The fourth-order valence-corrected chi connectivity index (χ4v) is 4.30. The number of rotatable bonds is 6. The maximum atomic E-state index is 5.56. The second-order valence-corrected chi connectivity index (χ2v) is 8.17. The van der Waals surface area contributed by atoms with Crippen LogP contribution < -0.4 is 10.6 Å². The van der Waals surface area contributed by atoms with Crippen LogP contribution in [0.1, 0.15) is 32.3 Å². The average molecular weight is 388 g/mol. The predicted octanol–water partition coefficient (Wildman–Crippen LogP) is 1.93. The number of nitrogens with one attached hydrogen (secondary N) is 2. The largest absolute Gasteiger partial charge is 0.379 e. The highest BCUT2D eigenvalue weighted by molar-refractivity contribution is 5.80. The van der Waals surface area contributed by atoms with E-state index in [0.717, 1.165) is 45.4 Å². The van der Waals surface area contributed by atoms with Gasteiger partial charge < -0.3 is 15.4 Å². The lowest BCUT2D eigenvalue weighted by Crippen LogP contribution is -2.55. The lowest BCUT2D eigenvalue weighted by atomic mass is 10.0. The van der Waals surface area contributed by atoms with Gasteiger partial charge in [-0.25, -0.2) is 0 Å². The van der Waals surface area contributed by atoms with Crippen molar-refractivity contribution in [3.8, 4) is 0 Å². The van der Waals surface area contributed by atoms with Gasteiger partial charge in [0.1, 0.15) is 0 Å². The van der Waals surface area contributed by atoms with E-state index < -0.39 is 0 Å². The van der Waals surface area contributed by atoms with Crippen molar-refractivity contribution in [2.45, 2.75) is 51.4 Å². The summed E-state index contributed by atoms with van der Waals surface area (Å²) in [4.78, 5) is 9.52. The Balaban J connectivity index is 1.44. The van der Waals surface area contributed by atoms with Crippen molar-refractivity contribution in [1.82, 2.24) is 20.4 Å². The Labute approximate surface area is 170 Å². The van der Waals surface area contributed by atoms with Gasteiger partial charge in [0, 0.05) is 51.4 Å². The van der Waals surface area contributed by atoms with Crippen molar-refractivity contribution in [3.63, 3.8) is 0 Å². The van der Waals surface area contributed by atoms with Crippen LogP contribution in [-0.4, -0.2) is 80.3 Å². The average Bonchev–Trinajstić information content (AvgIpc) is 2.72. The second-order valence-electron chi connectivity index (χ2n) is 8.17. The summed E-state index contributed by atoms with van der Waals surface area (Å²) in [5.41, 5.74) is 1.39. The van der Waals surface area contributed by atoms with Gasteiger partial charge in [0.2, 0.25) is 0 Å². The van der Waals surface area contributed by atoms with Gasteiger partial charge in [0.05, 0.1) is 13.2 Å². The first-order chi connectivity index (χ1) is 13.7. The van der Waals surface area contributed by atoms with Crippen LogP contribution in [0, 0.1) is 0 Å². The van der Waals surface area contributed by atoms with Crippen LogP contribution in [0.15, 0.2) is 35.3 Å². The molecule has 2 aliphatic heterocycles. The van der Waals surface area contributed by atoms with Gasteiger partial charge in [-0.2, -0.15) is 0 Å². The molecule has 2 fully saturated rings. The lowest BCUT2D eigenvalue weighted by Gasteiger charge is -2.38. The standard InChI is InChI=1S/C22H37N5O/c1-18(27-12-13-28-17-19(27)2)14-24-22(23-3)25-21-10-7-11-26(16-21)15-20-8-5-4-6-9-20/h4-6,8-9,18-19,21H,7,10-17H2,1-3H3,(H2,23,24,25). The summed E-state index contributed by atoms with van der Waals surface area (Å²) in [6.45, 7) is 11.3. The van der Waals surface area contributed by atoms with Gasteiger partial charge in [-0.15, -0.1) is 0 Å². The van der Waals surface area contributed by atoms with Crippen molar-refractivity contribution < 1.29 is 4.74 Å². The summed E-state index contributed by atoms with van der Waals surface area (Å²) in [6, 6.07) is 12.1. The number of piperidine rings is 1. The van der Waals surface area contributed by atoms with Gasteiger partial charge in [0.15, 0.2) is 5.96 Å². The highest BCUT2D eigenvalue weighted by Crippen LogP contribution is 2.14. The SMILES string of the molecule is CN=C(NCC(C)N1CCOCC1C)NC1CCCN(Cc2ccccc2)C1. The first-order valence-corrected chi connectivity index (χ1v) is 10.7. The number of hydrogen-bond acceptors (Lipinski definition) is 4. The number of nitrogens with zero attached hydrogens (tertiary/aromatic N) is 3. The molecule has 2 N–H and O–H groups in total. The maximum absolute atomic E-state index is 5.56. The number of guanidine groups is 1. The second kappa shape index (κ2) is 10.8. The molecule has 1 aromatic carbocycles. The van der Waals surface area contributed by atoms with Crippen molar-refractivity contribution in [2.24, 2.45) is 4.99 Å². The van der Waals surface area contributed by atoms with Crippen molar-refractivity contribution in [3.05, 3.63) is 35.9 Å². The van der Waals surface area contributed by atoms with Gasteiger partial charge in [-0.05, 0) is 38.8 Å². The maximum Gasteiger partial charge on any atom is 0.191 e. The summed E-state index contributed by atoms with van der Waals surface area (Å²) in [7, 11) is 1.86. The van der Waals surface area contributed by atoms with E-state index in [-0.39, 0.29) is 0 Å². The van der Waals surface area contributed by atoms with E-state index in [9.17, 15) is 0 Å². The van der Waals surface area contributed by atoms with E-state index in [1.165, 1.54) is 24.9 Å². The molecule has 0 spiro atoms. The Morgan fingerprint density at radius 1 is 1.29 bits per heavy atom. The lowest BCUT2D eigenvalue weighted by molar-refractivity contribution is -0.0174. The number of ether oxygens (including phenoxy) is 1. The van der Waals surface area contributed by atoms with Crippen LogP contribution in [0.2, 0.25) is 0 Å². The molecule has 6 nitrogen and oxygen atoms in total. The third-order valence-corrected chi connectivity index (χ3v) is 5.87.